The molecule has 1 heterocycles. The summed E-state index contributed by atoms with van der Waals surface area (Å²) < 4.78 is 4.80. The van der Waals surface area contributed by atoms with Crippen LogP contribution in [0, 0.1) is 6.92 Å². The summed E-state index contributed by atoms with van der Waals surface area (Å²) in [6.07, 6.45) is 0. The third kappa shape index (κ3) is 2.53. The Morgan fingerprint density at radius 1 is 1.79 bits per heavy atom. The predicted octanol–water partition coefficient (Wildman–Crippen LogP) is 0.341. The predicted molar refractivity (Wildman–Crippen MR) is 55.0 cm³/mol. The van der Waals surface area contributed by atoms with Gasteiger partial charge in [-0.15, -0.1) is 0 Å². The molecule has 0 spiro atoms. The first-order chi connectivity index (χ1) is 6.50. The van der Waals surface area contributed by atoms with Gasteiger partial charge in [0.25, 0.3) is 5.91 Å². The zero-order valence-electron chi connectivity index (χ0n) is 7.98. The van der Waals surface area contributed by atoms with Crippen LogP contribution in [0.4, 0.5) is 0 Å². The summed E-state index contributed by atoms with van der Waals surface area (Å²) in [4.78, 5) is 13.2. The number of thiocarbonyl (C=S) groups is 1. The second kappa shape index (κ2) is 4.19. The molecule has 0 aliphatic rings. The SMILES string of the molecule is Cc1cc(C(=O)N(C)CC(N)=S)on1. The van der Waals surface area contributed by atoms with Crippen LogP contribution in [0.2, 0.25) is 0 Å². The second-order valence-electron chi connectivity index (χ2n) is 2.96. The number of amides is 1. The molecule has 2 N–H and O–H groups in total. The van der Waals surface area contributed by atoms with Crippen LogP contribution in [0.3, 0.4) is 0 Å². The van der Waals surface area contributed by atoms with E-state index >= 15 is 0 Å². The van der Waals surface area contributed by atoms with E-state index in [1.54, 1.807) is 20.0 Å². The lowest BCUT2D eigenvalue weighted by Crippen LogP contribution is -2.34. The van der Waals surface area contributed by atoms with Crippen molar-refractivity contribution in [2.75, 3.05) is 13.6 Å². The van der Waals surface area contributed by atoms with Crippen molar-refractivity contribution in [3.8, 4) is 0 Å². The van der Waals surface area contributed by atoms with Crippen LogP contribution < -0.4 is 5.73 Å². The van der Waals surface area contributed by atoms with E-state index in [9.17, 15) is 4.79 Å². The highest BCUT2D eigenvalue weighted by atomic mass is 32.1. The highest BCUT2D eigenvalue weighted by Crippen LogP contribution is 2.05. The Hall–Kier alpha value is -1.43. The fourth-order valence-corrected chi connectivity index (χ4v) is 1.15. The van der Waals surface area contributed by atoms with Gasteiger partial charge in [0.15, 0.2) is 0 Å². The third-order valence-electron chi connectivity index (χ3n) is 1.58. The van der Waals surface area contributed by atoms with E-state index in [-0.39, 0.29) is 23.2 Å². The zero-order chi connectivity index (χ0) is 10.7. The molecule has 6 heteroatoms. The molecular weight excluding hydrogens is 202 g/mol. The van der Waals surface area contributed by atoms with Crippen molar-refractivity contribution in [1.29, 1.82) is 0 Å². The van der Waals surface area contributed by atoms with Crippen molar-refractivity contribution in [3.63, 3.8) is 0 Å². The van der Waals surface area contributed by atoms with Crippen LogP contribution in [-0.2, 0) is 0 Å². The highest BCUT2D eigenvalue weighted by Gasteiger charge is 2.16. The average molecular weight is 213 g/mol. The Morgan fingerprint density at radius 3 is 2.86 bits per heavy atom. The molecule has 76 valence electrons. The molecular formula is C8H11N3O2S. The molecule has 14 heavy (non-hydrogen) atoms. The maximum atomic E-state index is 11.6. The summed E-state index contributed by atoms with van der Waals surface area (Å²) in [5.41, 5.74) is 5.97. The van der Waals surface area contributed by atoms with Gasteiger partial charge in [0.1, 0.15) is 0 Å². The van der Waals surface area contributed by atoms with Crippen LogP contribution in [-0.4, -0.2) is 34.5 Å². The smallest absolute Gasteiger partial charge is 0.292 e. The molecule has 0 saturated carbocycles. The van der Waals surface area contributed by atoms with Gasteiger partial charge in [0, 0.05) is 13.1 Å². The fourth-order valence-electron chi connectivity index (χ4n) is 0.958. The van der Waals surface area contributed by atoms with E-state index in [0.29, 0.717) is 5.69 Å². The Kier molecular flexibility index (Phi) is 3.19. The summed E-state index contributed by atoms with van der Waals surface area (Å²) in [6.45, 7) is 1.97. The number of rotatable bonds is 3. The monoisotopic (exact) mass is 213 g/mol. The minimum Gasteiger partial charge on any atom is -0.392 e. The molecule has 0 atom stereocenters. The maximum absolute atomic E-state index is 11.6. The molecule has 0 saturated heterocycles. The lowest BCUT2D eigenvalue weighted by Gasteiger charge is -2.13. The number of hydrogen-bond donors (Lipinski definition) is 1. The van der Waals surface area contributed by atoms with E-state index in [4.69, 9.17) is 10.3 Å². The molecule has 0 aliphatic carbocycles. The van der Waals surface area contributed by atoms with Crippen LogP contribution in [0.1, 0.15) is 16.2 Å². The summed E-state index contributed by atoms with van der Waals surface area (Å²) in [5, 5.41) is 3.61. The second-order valence-corrected chi connectivity index (χ2v) is 3.48. The lowest BCUT2D eigenvalue weighted by atomic mass is 10.3. The number of nitrogens with zero attached hydrogens (tertiary/aromatic N) is 2. The number of carbonyl (C=O) groups excluding carboxylic acids is 1. The summed E-state index contributed by atoms with van der Waals surface area (Å²) in [7, 11) is 1.60. The van der Waals surface area contributed by atoms with Crippen molar-refractivity contribution in [2.24, 2.45) is 5.73 Å². The summed E-state index contributed by atoms with van der Waals surface area (Å²) in [5.74, 6) is -0.0837. The molecule has 1 aromatic rings. The van der Waals surface area contributed by atoms with Gasteiger partial charge in [-0.3, -0.25) is 4.79 Å². The molecule has 0 fully saturated rings. The van der Waals surface area contributed by atoms with Gasteiger partial charge in [0.05, 0.1) is 17.2 Å². The number of aryl methyl sites for hydroxylation is 1. The highest BCUT2D eigenvalue weighted by molar-refractivity contribution is 7.80. The minimum atomic E-state index is -0.279. The Labute approximate surface area is 86.8 Å². The first-order valence-corrected chi connectivity index (χ1v) is 4.38. The van der Waals surface area contributed by atoms with Crippen LogP contribution in [0.5, 0.6) is 0 Å². The van der Waals surface area contributed by atoms with Gasteiger partial charge in [-0.05, 0) is 6.92 Å². The quantitative estimate of drug-likeness (QED) is 0.733. The van der Waals surface area contributed by atoms with E-state index in [0.717, 1.165) is 0 Å². The van der Waals surface area contributed by atoms with Crippen molar-refractivity contribution in [3.05, 3.63) is 17.5 Å². The van der Waals surface area contributed by atoms with Gasteiger partial charge < -0.3 is 15.2 Å². The number of hydrogen-bond acceptors (Lipinski definition) is 4. The molecule has 0 unspecified atom stereocenters. The van der Waals surface area contributed by atoms with Gasteiger partial charge >= 0.3 is 0 Å². The number of carbonyl (C=O) groups is 1. The van der Waals surface area contributed by atoms with E-state index in [2.05, 4.69) is 17.4 Å². The molecule has 0 bridgehead atoms. The molecule has 0 aliphatic heterocycles. The standard InChI is InChI=1S/C8H11N3O2S/c1-5-3-6(13-10-5)8(12)11(2)4-7(9)14/h3H,4H2,1-2H3,(H2,9,14). The molecule has 0 aromatic carbocycles. The Bertz CT molecular complexity index is 361. The third-order valence-corrected chi connectivity index (χ3v) is 1.71. The Balaban J connectivity index is 2.70. The van der Waals surface area contributed by atoms with Crippen LogP contribution >= 0.6 is 12.2 Å². The normalized spacial score (nSPS) is 9.86. The number of aromatic nitrogens is 1. The number of likely N-dealkylation sites (N-methyl/N-ethyl adjacent to an activating group) is 1. The Morgan fingerprint density at radius 2 is 2.43 bits per heavy atom. The largest absolute Gasteiger partial charge is 0.392 e. The molecule has 1 amide bonds. The van der Waals surface area contributed by atoms with Crippen molar-refractivity contribution in [2.45, 2.75) is 6.92 Å². The van der Waals surface area contributed by atoms with Crippen molar-refractivity contribution < 1.29 is 9.32 Å². The molecule has 5 nitrogen and oxygen atoms in total. The van der Waals surface area contributed by atoms with E-state index in [1.807, 2.05) is 0 Å². The van der Waals surface area contributed by atoms with Gasteiger partial charge in [-0.2, -0.15) is 0 Å². The first-order valence-electron chi connectivity index (χ1n) is 3.98. The van der Waals surface area contributed by atoms with Gasteiger partial charge in [0.2, 0.25) is 5.76 Å². The van der Waals surface area contributed by atoms with Gasteiger partial charge in [-0.1, -0.05) is 17.4 Å². The van der Waals surface area contributed by atoms with E-state index < -0.39 is 0 Å². The lowest BCUT2D eigenvalue weighted by molar-refractivity contribution is 0.0774. The average Bonchev–Trinajstić information content (AvgIpc) is 2.49. The maximum Gasteiger partial charge on any atom is 0.292 e. The van der Waals surface area contributed by atoms with Crippen molar-refractivity contribution >= 4 is 23.1 Å². The van der Waals surface area contributed by atoms with Crippen molar-refractivity contribution in [1.82, 2.24) is 10.1 Å². The zero-order valence-corrected chi connectivity index (χ0v) is 8.80. The topological polar surface area (TPSA) is 72.4 Å². The van der Waals surface area contributed by atoms with Gasteiger partial charge in [-0.25, -0.2) is 0 Å². The molecule has 1 aromatic heterocycles. The van der Waals surface area contributed by atoms with Crippen LogP contribution in [0.25, 0.3) is 0 Å². The first kappa shape index (κ1) is 10.6. The molecule has 1 rings (SSSR count). The molecule has 0 radical (unpaired) electrons. The summed E-state index contributed by atoms with van der Waals surface area (Å²) >= 11 is 4.68. The van der Waals surface area contributed by atoms with E-state index in [1.165, 1.54) is 4.90 Å². The van der Waals surface area contributed by atoms with Crippen LogP contribution in [0.15, 0.2) is 10.6 Å². The fraction of sp³-hybridized carbons (Fsp3) is 0.375. The number of nitrogens with two attached hydrogens (primary N) is 1. The summed E-state index contributed by atoms with van der Waals surface area (Å²) in [6, 6.07) is 1.57. The minimum absolute atomic E-state index is 0.196.